The van der Waals surface area contributed by atoms with Crippen LogP contribution in [0.2, 0.25) is 0 Å². The fourth-order valence-corrected chi connectivity index (χ4v) is 1.87. The summed E-state index contributed by atoms with van der Waals surface area (Å²) < 4.78 is 9.87. The Labute approximate surface area is 151 Å². The van der Waals surface area contributed by atoms with E-state index in [1.165, 1.54) is 12.3 Å². The van der Waals surface area contributed by atoms with Crippen molar-refractivity contribution in [3.8, 4) is 0 Å². The summed E-state index contributed by atoms with van der Waals surface area (Å²) in [6.45, 7) is 6.48. The zero-order valence-corrected chi connectivity index (χ0v) is 15.3. The van der Waals surface area contributed by atoms with Crippen LogP contribution in [0.25, 0.3) is 0 Å². The molecule has 0 aliphatic heterocycles. The molecule has 144 valence electrons. The van der Waals surface area contributed by atoms with Crippen LogP contribution in [-0.4, -0.2) is 42.5 Å². The van der Waals surface area contributed by atoms with E-state index in [0.29, 0.717) is 6.42 Å². The Morgan fingerprint density at radius 1 is 1.15 bits per heavy atom. The van der Waals surface area contributed by atoms with E-state index in [1.54, 1.807) is 26.8 Å². The summed E-state index contributed by atoms with van der Waals surface area (Å²) in [6, 6.07) is 1.29. The third-order valence-corrected chi connectivity index (χ3v) is 3.54. The number of ether oxygens (including phenoxy) is 1. The van der Waals surface area contributed by atoms with Gasteiger partial charge >= 0.3 is 12.0 Å². The van der Waals surface area contributed by atoms with Crippen LogP contribution in [0.4, 0.5) is 4.79 Å². The molecule has 0 saturated heterocycles. The first kappa shape index (κ1) is 21.2. The van der Waals surface area contributed by atoms with Crippen molar-refractivity contribution in [3.63, 3.8) is 0 Å². The zero-order chi connectivity index (χ0) is 19.7. The van der Waals surface area contributed by atoms with E-state index in [4.69, 9.17) is 9.15 Å². The van der Waals surface area contributed by atoms with Crippen molar-refractivity contribution in [3.05, 3.63) is 24.2 Å². The number of urea groups is 1. The van der Waals surface area contributed by atoms with E-state index in [-0.39, 0.29) is 17.7 Å². The highest BCUT2D eigenvalue weighted by molar-refractivity contribution is 5.97. The van der Waals surface area contributed by atoms with Crippen LogP contribution in [0.3, 0.4) is 0 Å². The highest BCUT2D eigenvalue weighted by Crippen LogP contribution is 2.07. The van der Waals surface area contributed by atoms with Gasteiger partial charge in [-0.1, -0.05) is 20.8 Å². The third kappa shape index (κ3) is 6.96. The average Bonchev–Trinajstić information content (AvgIpc) is 3.11. The summed E-state index contributed by atoms with van der Waals surface area (Å²) in [6.07, 6.45) is 2.05. The SMILES string of the molecule is CC[C@H](C)NC(=O)NC(=O)COC(=O)[C@@H](NC(=O)c1ccco1)C(C)C. The van der Waals surface area contributed by atoms with Gasteiger partial charge in [0.05, 0.1) is 6.26 Å². The summed E-state index contributed by atoms with van der Waals surface area (Å²) in [7, 11) is 0. The lowest BCUT2D eigenvalue weighted by Gasteiger charge is -2.20. The standard InChI is InChI=1S/C17H25N3O6/c1-5-11(4)18-17(24)19-13(21)9-26-16(23)14(10(2)3)20-15(22)12-7-6-8-25-12/h6-8,10-11,14H,5,9H2,1-4H3,(H,20,22)(H2,18,19,21,24)/t11-,14-/m0/s1. The molecule has 1 heterocycles. The number of esters is 1. The van der Waals surface area contributed by atoms with Gasteiger partial charge in [-0.3, -0.25) is 14.9 Å². The number of imide groups is 1. The van der Waals surface area contributed by atoms with Gasteiger partial charge in [0.25, 0.3) is 11.8 Å². The predicted octanol–water partition coefficient (Wildman–Crippen LogP) is 1.20. The van der Waals surface area contributed by atoms with E-state index in [1.807, 2.05) is 6.92 Å². The molecule has 0 unspecified atom stereocenters. The predicted molar refractivity (Wildman–Crippen MR) is 92.2 cm³/mol. The Morgan fingerprint density at radius 2 is 1.85 bits per heavy atom. The molecule has 0 saturated carbocycles. The van der Waals surface area contributed by atoms with Gasteiger partial charge in [-0.2, -0.15) is 0 Å². The van der Waals surface area contributed by atoms with Crippen molar-refractivity contribution in [2.24, 2.45) is 5.92 Å². The maximum Gasteiger partial charge on any atom is 0.329 e. The number of nitrogens with one attached hydrogen (secondary N) is 3. The normalized spacial score (nSPS) is 12.8. The molecule has 4 amide bonds. The number of furan rings is 1. The summed E-state index contributed by atoms with van der Waals surface area (Å²) in [5.74, 6) is -2.33. The smallest absolute Gasteiger partial charge is 0.329 e. The topological polar surface area (TPSA) is 127 Å². The molecule has 0 aliphatic rings. The Morgan fingerprint density at radius 3 is 2.38 bits per heavy atom. The maximum absolute atomic E-state index is 12.2. The molecular weight excluding hydrogens is 342 g/mol. The first-order chi connectivity index (χ1) is 12.2. The molecule has 2 atom stereocenters. The molecular formula is C17H25N3O6. The summed E-state index contributed by atoms with van der Waals surface area (Å²) in [4.78, 5) is 47.4. The molecule has 26 heavy (non-hydrogen) atoms. The molecule has 1 aromatic heterocycles. The molecule has 0 spiro atoms. The lowest BCUT2D eigenvalue weighted by molar-refractivity contribution is -0.151. The van der Waals surface area contributed by atoms with Gasteiger partial charge in [0.15, 0.2) is 12.4 Å². The molecule has 0 radical (unpaired) electrons. The minimum atomic E-state index is -0.964. The lowest BCUT2D eigenvalue weighted by Crippen LogP contribution is -2.47. The molecule has 0 fully saturated rings. The number of amides is 4. The number of hydrogen-bond donors (Lipinski definition) is 3. The first-order valence-corrected chi connectivity index (χ1v) is 8.35. The summed E-state index contributed by atoms with van der Waals surface area (Å²) in [5, 5.41) is 7.11. The number of carbonyl (C=O) groups excluding carboxylic acids is 4. The van der Waals surface area contributed by atoms with Crippen molar-refractivity contribution >= 4 is 23.8 Å². The fourth-order valence-electron chi connectivity index (χ4n) is 1.87. The van der Waals surface area contributed by atoms with E-state index < -0.39 is 36.5 Å². The molecule has 9 nitrogen and oxygen atoms in total. The van der Waals surface area contributed by atoms with Gasteiger partial charge in [0, 0.05) is 6.04 Å². The Bertz CT molecular complexity index is 626. The summed E-state index contributed by atoms with van der Waals surface area (Å²) >= 11 is 0. The molecule has 0 bridgehead atoms. The highest BCUT2D eigenvalue weighted by Gasteiger charge is 2.27. The average molecular weight is 367 g/mol. The van der Waals surface area contributed by atoms with Gasteiger partial charge in [0.2, 0.25) is 0 Å². The minimum absolute atomic E-state index is 0.0582. The van der Waals surface area contributed by atoms with Crippen molar-refractivity contribution in [2.75, 3.05) is 6.61 Å². The van der Waals surface area contributed by atoms with Crippen molar-refractivity contribution in [2.45, 2.75) is 46.2 Å². The zero-order valence-electron chi connectivity index (χ0n) is 15.3. The second kappa shape index (κ2) is 10.2. The van der Waals surface area contributed by atoms with Gasteiger partial charge < -0.3 is 19.8 Å². The number of rotatable bonds is 8. The fraction of sp³-hybridized carbons (Fsp3) is 0.529. The van der Waals surface area contributed by atoms with Crippen LogP contribution in [0.5, 0.6) is 0 Å². The second-order valence-corrected chi connectivity index (χ2v) is 6.11. The molecule has 3 N–H and O–H groups in total. The van der Waals surface area contributed by atoms with Crippen LogP contribution in [0, 0.1) is 5.92 Å². The van der Waals surface area contributed by atoms with E-state index in [0.717, 1.165) is 0 Å². The van der Waals surface area contributed by atoms with Crippen LogP contribution in [0.1, 0.15) is 44.7 Å². The second-order valence-electron chi connectivity index (χ2n) is 6.11. The Kier molecular flexibility index (Phi) is 8.33. The van der Waals surface area contributed by atoms with Gasteiger partial charge in [-0.15, -0.1) is 0 Å². The van der Waals surface area contributed by atoms with E-state index >= 15 is 0 Å². The Balaban J connectivity index is 2.50. The largest absolute Gasteiger partial charge is 0.459 e. The van der Waals surface area contributed by atoms with Crippen molar-refractivity contribution < 1.29 is 28.3 Å². The van der Waals surface area contributed by atoms with E-state index in [2.05, 4.69) is 16.0 Å². The van der Waals surface area contributed by atoms with Gasteiger partial charge in [-0.25, -0.2) is 9.59 Å². The van der Waals surface area contributed by atoms with Crippen LogP contribution in [0.15, 0.2) is 22.8 Å². The van der Waals surface area contributed by atoms with Crippen LogP contribution in [-0.2, 0) is 14.3 Å². The molecule has 0 aliphatic carbocycles. The third-order valence-electron chi connectivity index (χ3n) is 3.54. The molecule has 0 aromatic carbocycles. The van der Waals surface area contributed by atoms with Gasteiger partial charge in [0.1, 0.15) is 6.04 Å². The molecule has 9 heteroatoms. The monoisotopic (exact) mass is 367 g/mol. The van der Waals surface area contributed by atoms with Crippen LogP contribution < -0.4 is 16.0 Å². The maximum atomic E-state index is 12.2. The van der Waals surface area contributed by atoms with Crippen LogP contribution >= 0.6 is 0 Å². The van der Waals surface area contributed by atoms with Crippen molar-refractivity contribution in [1.82, 2.24) is 16.0 Å². The first-order valence-electron chi connectivity index (χ1n) is 8.35. The van der Waals surface area contributed by atoms with Crippen molar-refractivity contribution in [1.29, 1.82) is 0 Å². The van der Waals surface area contributed by atoms with E-state index in [9.17, 15) is 19.2 Å². The number of carbonyl (C=O) groups is 4. The number of hydrogen-bond acceptors (Lipinski definition) is 6. The van der Waals surface area contributed by atoms with Gasteiger partial charge in [-0.05, 0) is 31.4 Å². The quantitative estimate of drug-likeness (QED) is 0.593. The molecule has 1 aromatic rings. The molecule has 1 rings (SSSR count). The lowest BCUT2D eigenvalue weighted by atomic mass is 10.0. The summed E-state index contributed by atoms with van der Waals surface area (Å²) in [5.41, 5.74) is 0. The minimum Gasteiger partial charge on any atom is -0.459 e. The Hall–Kier alpha value is -2.84. The highest BCUT2D eigenvalue weighted by atomic mass is 16.5.